The summed E-state index contributed by atoms with van der Waals surface area (Å²) >= 11 is 3.49. The molecule has 4 heterocycles. The number of likely N-dealkylation sites (tertiary alicyclic amines) is 1. The molecule has 0 atom stereocenters. The number of carboxylic acid groups (broad SMARTS) is 1. The lowest BCUT2D eigenvalue weighted by Crippen LogP contribution is -2.38. The second kappa shape index (κ2) is 8.23. The van der Waals surface area contributed by atoms with Crippen LogP contribution in [0.5, 0.6) is 0 Å². The van der Waals surface area contributed by atoms with Crippen molar-refractivity contribution in [1.82, 2.24) is 24.6 Å². The number of hydrogen-bond donors (Lipinski definition) is 2. The van der Waals surface area contributed by atoms with Crippen LogP contribution in [0, 0.1) is 0 Å². The highest BCUT2D eigenvalue weighted by Gasteiger charge is 2.24. The van der Waals surface area contributed by atoms with Gasteiger partial charge < -0.3 is 15.7 Å². The number of rotatable bonds is 3. The smallest absolute Gasteiger partial charge is 0.407 e. The number of nitrogens with two attached hydrogens (primary N) is 1. The van der Waals surface area contributed by atoms with Crippen molar-refractivity contribution >= 4 is 38.6 Å². The molecular formula is C23H21BrN6O2. The van der Waals surface area contributed by atoms with Crippen LogP contribution in [0.3, 0.4) is 0 Å². The molecule has 0 bridgehead atoms. The van der Waals surface area contributed by atoms with Crippen molar-refractivity contribution in [2.75, 3.05) is 18.8 Å². The highest BCUT2D eigenvalue weighted by atomic mass is 79.9. The van der Waals surface area contributed by atoms with Crippen LogP contribution in [0.1, 0.15) is 18.9 Å². The van der Waals surface area contributed by atoms with Crippen LogP contribution in [0.25, 0.3) is 33.2 Å². The molecule has 0 unspecified atom stereocenters. The molecule has 0 radical (unpaired) electrons. The van der Waals surface area contributed by atoms with Crippen molar-refractivity contribution in [1.29, 1.82) is 0 Å². The first-order valence-corrected chi connectivity index (χ1v) is 11.1. The Labute approximate surface area is 192 Å². The summed E-state index contributed by atoms with van der Waals surface area (Å²) in [6.07, 6.45) is 8.01. The Hall–Kier alpha value is -3.46. The van der Waals surface area contributed by atoms with E-state index in [0.717, 1.165) is 50.5 Å². The maximum atomic E-state index is 11.1. The molecule has 3 N–H and O–H groups in total. The predicted molar refractivity (Wildman–Crippen MR) is 126 cm³/mol. The Morgan fingerprint density at radius 2 is 1.84 bits per heavy atom. The summed E-state index contributed by atoms with van der Waals surface area (Å²) in [7, 11) is 0. The number of pyridine rings is 2. The van der Waals surface area contributed by atoms with E-state index in [1.807, 2.05) is 53.6 Å². The van der Waals surface area contributed by atoms with E-state index in [4.69, 9.17) is 10.8 Å². The van der Waals surface area contributed by atoms with Crippen LogP contribution in [0.2, 0.25) is 0 Å². The van der Waals surface area contributed by atoms with Crippen molar-refractivity contribution < 1.29 is 9.90 Å². The number of piperidine rings is 1. The average Bonchev–Trinajstić information content (AvgIpc) is 3.29. The minimum absolute atomic E-state index is 0.182. The zero-order valence-corrected chi connectivity index (χ0v) is 18.7. The van der Waals surface area contributed by atoms with Crippen molar-refractivity contribution in [3.05, 3.63) is 59.6 Å². The summed E-state index contributed by atoms with van der Waals surface area (Å²) in [6.45, 7) is 1.04. The summed E-state index contributed by atoms with van der Waals surface area (Å²) in [5, 5.41) is 15.8. The molecule has 8 nitrogen and oxygen atoms in total. The van der Waals surface area contributed by atoms with E-state index < -0.39 is 6.09 Å². The number of benzene rings is 1. The normalized spacial score (nSPS) is 14.7. The van der Waals surface area contributed by atoms with Crippen molar-refractivity contribution in [3.63, 3.8) is 0 Å². The number of anilines is 1. The van der Waals surface area contributed by atoms with Gasteiger partial charge in [0.1, 0.15) is 5.82 Å². The molecule has 0 spiro atoms. The van der Waals surface area contributed by atoms with Gasteiger partial charge in [-0.05, 0) is 42.5 Å². The fourth-order valence-electron chi connectivity index (χ4n) is 4.11. The number of hydrogen-bond acceptors (Lipinski definition) is 5. The molecule has 32 heavy (non-hydrogen) atoms. The number of aromatic nitrogens is 4. The maximum absolute atomic E-state index is 11.1. The van der Waals surface area contributed by atoms with Gasteiger partial charge in [0.15, 0.2) is 0 Å². The Morgan fingerprint density at radius 3 is 2.62 bits per heavy atom. The van der Waals surface area contributed by atoms with Crippen LogP contribution in [0.15, 0.2) is 59.6 Å². The number of halogens is 1. The zero-order chi connectivity index (χ0) is 22.2. The molecule has 1 aromatic carbocycles. The third-order valence-corrected chi connectivity index (χ3v) is 6.42. The Morgan fingerprint density at radius 1 is 1.03 bits per heavy atom. The van der Waals surface area contributed by atoms with Crippen LogP contribution in [-0.4, -0.2) is 48.9 Å². The highest BCUT2D eigenvalue weighted by molar-refractivity contribution is 9.10. The van der Waals surface area contributed by atoms with Gasteiger partial charge in [0.05, 0.1) is 17.9 Å². The first kappa shape index (κ1) is 20.4. The topological polar surface area (TPSA) is 110 Å². The van der Waals surface area contributed by atoms with Crippen LogP contribution in [0.4, 0.5) is 10.6 Å². The minimum atomic E-state index is -0.861. The van der Waals surface area contributed by atoms with Gasteiger partial charge in [-0.2, -0.15) is 5.10 Å². The summed E-state index contributed by atoms with van der Waals surface area (Å²) in [5.41, 5.74) is 9.57. The molecular weight excluding hydrogens is 472 g/mol. The lowest BCUT2D eigenvalue weighted by molar-refractivity contribution is 0.124. The number of nitrogen functional groups attached to an aromatic ring is 1. The van der Waals surface area contributed by atoms with Gasteiger partial charge in [0.2, 0.25) is 0 Å². The zero-order valence-electron chi connectivity index (χ0n) is 17.1. The largest absolute Gasteiger partial charge is 0.465 e. The van der Waals surface area contributed by atoms with Gasteiger partial charge >= 0.3 is 6.09 Å². The van der Waals surface area contributed by atoms with E-state index in [0.29, 0.717) is 18.9 Å². The van der Waals surface area contributed by atoms with Gasteiger partial charge in [0.25, 0.3) is 0 Å². The van der Waals surface area contributed by atoms with E-state index in [1.165, 1.54) is 4.90 Å². The van der Waals surface area contributed by atoms with E-state index in [2.05, 4.69) is 31.0 Å². The molecule has 1 aliphatic rings. The molecule has 1 saturated heterocycles. The van der Waals surface area contributed by atoms with E-state index in [-0.39, 0.29) is 6.04 Å². The molecule has 5 rings (SSSR count). The monoisotopic (exact) mass is 492 g/mol. The van der Waals surface area contributed by atoms with Gasteiger partial charge in [-0.1, -0.05) is 22.0 Å². The van der Waals surface area contributed by atoms with E-state index >= 15 is 0 Å². The van der Waals surface area contributed by atoms with Crippen LogP contribution >= 0.6 is 15.9 Å². The minimum Gasteiger partial charge on any atom is -0.465 e. The number of fused-ring (bicyclic) bond motifs is 1. The van der Waals surface area contributed by atoms with E-state index in [1.54, 1.807) is 6.20 Å². The van der Waals surface area contributed by atoms with Gasteiger partial charge in [-0.25, -0.2) is 9.78 Å². The fraction of sp³-hybridized carbons (Fsp3) is 0.217. The summed E-state index contributed by atoms with van der Waals surface area (Å²) in [5.74, 6) is 0.422. The first-order chi connectivity index (χ1) is 15.5. The molecule has 0 aliphatic carbocycles. The lowest BCUT2D eigenvalue weighted by atomic mass is 10.0. The van der Waals surface area contributed by atoms with Crippen LogP contribution < -0.4 is 5.73 Å². The fourth-order valence-corrected chi connectivity index (χ4v) is 4.49. The predicted octanol–water partition coefficient (Wildman–Crippen LogP) is 4.82. The Bertz CT molecular complexity index is 1310. The second-order valence-corrected chi connectivity index (χ2v) is 8.84. The Kier molecular flexibility index (Phi) is 5.26. The molecule has 0 saturated carbocycles. The average molecular weight is 493 g/mol. The molecule has 1 aliphatic heterocycles. The van der Waals surface area contributed by atoms with Crippen molar-refractivity contribution in [3.8, 4) is 22.4 Å². The van der Waals surface area contributed by atoms with Gasteiger partial charge in [0, 0.05) is 58.2 Å². The molecule has 4 aromatic rings. The van der Waals surface area contributed by atoms with E-state index in [9.17, 15) is 4.79 Å². The lowest BCUT2D eigenvalue weighted by Gasteiger charge is -2.30. The Balaban J connectivity index is 1.42. The molecule has 1 fully saturated rings. The number of carbonyl (C=O) groups is 1. The third kappa shape index (κ3) is 3.91. The summed E-state index contributed by atoms with van der Waals surface area (Å²) < 4.78 is 2.94. The third-order valence-electron chi connectivity index (χ3n) is 5.92. The summed E-state index contributed by atoms with van der Waals surface area (Å²) in [4.78, 5) is 21.6. The molecule has 9 heteroatoms. The highest BCUT2D eigenvalue weighted by Crippen LogP contribution is 2.31. The quantitative estimate of drug-likeness (QED) is 0.424. The second-order valence-electron chi connectivity index (χ2n) is 7.93. The van der Waals surface area contributed by atoms with Gasteiger partial charge in [-0.15, -0.1) is 0 Å². The van der Waals surface area contributed by atoms with Crippen molar-refractivity contribution in [2.24, 2.45) is 0 Å². The molecule has 1 amide bonds. The number of amides is 1. The summed E-state index contributed by atoms with van der Waals surface area (Å²) in [6, 6.07) is 10.3. The van der Waals surface area contributed by atoms with Crippen molar-refractivity contribution in [2.45, 2.75) is 18.9 Å². The molecule has 3 aromatic heterocycles. The molecule has 162 valence electrons. The number of nitrogens with zero attached hydrogens (tertiary/aromatic N) is 5. The standard InChI is InChI=1S/C23H21BrN6O2/c24-18-2-1-14-9-21(26-10-15(14)7-18)20-8-16(11-27-22(20)25)17-12-28-30(13-17)19-3-5-29(6-4-19)23(31)32/h1-2,7-13,19H,3-6H2,(H2,25,27)(H,31,32). The SMILES string of the molecule is Nc1ncc(-c2cnn(C3CCN(C(=O)O)CC3)c2)cc1-c1cc2ccc(Br)cc2cn1. The first-order valence-electron chi connectivity index (χ1n) is 10.3. The van der Waals surface area contributed by atoms with Crippen LogP contribution in [-0.2, 0) is 0 Å². The van der Waals surface area contributed by atoms with Gasteiger partial charge in [-0.3, -0.25) is 9.67 Å². The maximum Gasteiger partial charge on any atom is 0.407 e.